The third-order valence-corrected chi connectivity index (χ3v) is 10.1. The maximum atomic E-state index is 14.1. The Morgan fingerprint density at radius 2 is 1.95 bits per heavy atom. The Kier molecular flexibility index (Phi) is 7.80. The molecule has 0 saturated heterocycles. The molecule has 0 aromatic heterocycles. The maximum Gasteiger partial charge on any atom is 0.389 e. The quantitative estimate of drug-likeness (QED) is 0.133. The van der Waals surface area contributed by atoms with Crippen LogP contribution in [-0.2, 0) is 19.6 Å². The Balaban J connectivity index is 1.73. The van der Waals surface area contributed by atoms with Gasteiger partial charge in [0.25, 0.3) is 0 Å². The van der Waals surface area contributed by atoms with E-state index >= 15 is 0 Å². The van der Waals surface area contributed by atoms with Gasteiger partial charge in [0.1, 0.15) is 16.9 Å². The first-order valence-corrected chi connectivity index (χ1v) is 14.7. The Hall–Kier alpha value is -1.99. The van der Waals surface area contributed by atoms with Crippen LogP contribution < -0.4 is 9.64 Å². The number of carbonyl (C=O) groups is 1. The zero-order chi connectivity index (χ0) is 27.2. The van der Waals surface area contributed by atoms with Crippen LogP contribution in [0.25, 0.3) is 0 Å². The average molecular weight is 567 g/mol. The minimum atomic E-state index is -4.31. The molecule has 13 heteroatoms. The summed E-state index contributed by atoms with van der Waals surface area (Å²) in [7, 11) is -2.75. The van der Waals surface area contributed by atoms with Crippen molar-refractivity contribution in [3.8, 4) is 5.75 Å². The summed E-state index contributed by atoms with van der Waals surface area (Å²) < 4.78 is 91.1. The standard InChI is InChI=1S/C24H30F4N2O5S2/c1-4-34-22(31)17(25)14-35-19-9-21-18(8-20(19)36-3)30(23-10-15(11-23)12-23)13-16(29(2)37(21,32)33)6-5-7-24(26,27)28/h8-9,14-16H,4-7,10-13H2,1-3H3/b17-14-. The number of hydrogen-bond acceptors (Lipinski definition) is 7. The second-order valence-electron chi connectivity index (χ2n) is 9.77. The second kappa shape index (κ2) is 10.3. The van der Waals surface area contributed by atoms with E-state index in [0.29, 0.717) is 22.8 Å². The third-order valence-electron chi connectivity index (χ3n) is 7.44. The summed E-state index contributed by atoms with van der Waals surface area (Å²) in [5.41, 5.74) is 0.256. The molecule has 2 bridgehead atoms. The molecule has 1 heterocycles. The molecule has 3 saturated carbocycles. The van der Waals surface area contributed by atoms with Crippen molar-refractivity contribution < 1.29 is 40.2 Å². The highest BCUT2D eigenvalue weighted by molar-refractivity contribution is 7.98. The van der Waals surface area contributed by atoms with Gasteiger partial charge in [0.15, 0.2) is 0 Å². The van der Waals surface area contributed by atoms with Crippen molar-refractivity contribution in [3.05, 3.63) is 24.2 Å². The summed E-state index contributed by atoms with van der Waals surface area (Å²) in [6.45, 7) is 1.78. The second-order valence-corrected chi connectivity index (χ2v) is 12.6. The van der Waals surface area contributed by atoms with Crippen LogP contribution in [0, 0.1) is 5.92 Å². The Morgan fingerprint density at radius 3 is 2.49 bits per heavy atom. The smallest absolute Gasteiger partial charge is 0.389 e. The number of hydrogen-bond donors (Lipinski definition) is 0. The zero-order valence-electron chi connectivity index (χ0n) is 20.8. The molecule has 0 radical (unpaired) electrons. The van der Waals surface area contributed by atoms with Crippen LogP contribution in [-0.4, -0.2) is 62.9 Å². The van der Waals surface area contributed by atoms with E-state index in [1.807, 2.05) is 0 Å². The van der Waals surface area contributed by atoms with Crippen LogP contribution in [0.4, 0.5) is 23.2 Å². The summed E-state index contributed by atoms with van der Waals surface area (Å²) in [5, 5.41) is 0. The Morgan fingerprint density at radius 1 is 1.27 bits per heavy atom. The number of alkyl halides is 3. The van der Waals surface area contributed by atoms with E-state index in [1.54, 1.807) is 12.3 Å². The van der Waals surface area contributed by atoms with Gasteiger partial charge in [-0.05, 0) is 57.3 Å². The molecule has 37 heavy (non-hydrogen) atoms. The number of carbonyl (C=O) groups excluding carboxylic acids is 1. The van der Waals surface area contributed by atoms with Crippen LogP contribution >= 0.6 is 11.8 Å². The predicted molar refractivity (Wildman–Crippen MR) is 131 cm³/mol. The number of nitrogens with zero attached hydrogens (tertiary/aromatic N) is 2. The number of halogens is 4. The molecular weight excluding hydrogens is 536 g/mol. The summed E-state index contributed by atoms with van der Waals surface area (Å²) in [6.07, 6.45) is -0.367. The fourth-order valence-electron chi connectivity index (χ4n) is 5.36. The SMILES string of the molecule is CCOC(=O)/C(F)=C/Oc1cc2c(cc1SC)N(C13CC(C1)C3)CC(CCCC(F)(F)F)N(C)S2(=O)=O. The van der Waals surface area contributed by atoms with Crippen molar-refractivity contribution in [3.63, 3.8) is 0 Å². The van der Waals surface area contributed by atoms with Gasteiger partial charge in [-0.25, -0.2) is 13.2 Å². The van der Waals surface area contributed by atoms with E-state index in [4.69, 9.17) is 4.74 Å². The van der Waals surface area contributed by atoms with E-state index in [2.05, 4.69) is 9.64 Å². The number of thioether (sulfide) groups is 1. The summed E-state index contributed by atoms with van der Waals surface area (Å²) in [4.78, 5) is 14.1. The zero-order valence-corrected chi connectivity index (χ0v) is 22.4. The molecular formula is C24H30F4N2O5S2. The molecule has 206 valence electrons. The van der Waals surface area contributed by atoms with Crippen LogP contribution in [0.2, 0.25) is 0 Å². The van der Waals surface area contributed by atoms with E-state index < -0.39 is 40.5 Å². The molecule has 0 spiro atoms. The van der Waals surface area contributed by atoms with Crippen LogP contribution in [0.3, 0.4) is 0 Å². The van der Waals surface area contributed by atoms with E-state index in [1.165, 1.54) is 31.8 Å². The van der Waals surface area contributed by atoms with Gasteiger partial charge < -0.3 is 14.4 Å². The summed E-state index contributed by atoms with van der Waals surface area (Å²) in [5.74, 6) is -1.85. The van der Waals surface area contributed by atoms with Gasteiger partial charge in [-0.3, -0.25) is 0 Å². The van der Waals surface area contributed by atoms with Gasteiger partial charge in [0, 0.05) is 37.7 Å². The van der Waals surface area contributed by atoms with Gasteiger partial charge in [-0.15, -0.1) is 11.8 Å². The highest BCUT2D eigenvalue weighted by atomic mass is 32.2. The number of likely N-dealkylation sites (N-methyl/N-ethyl adjacent to an activating group) is 1. The van der Waals surface area contributed by atoms with Crippen molar-refractivity contribution in [1.82, 2.24) is 4.31 Å². The highest BCUT2D eigenvalue weighted by Gasteiger charge is 2.61. The number of anilines is 1. The molecule has 5 rings (SSSR count). The minimum Gasteiger partial charge on any atom is -0.461 e. The number of fused-ring (bicyclic) bond motifs is 1. The van der Waals surface area contributed by atoms with Crippen molar-refractivity contribution in [2.45, 2.75) is 73.0 Å². The van der Waals surface area contributed by atoms with Crippen LogP contribution in [0.1, 0.15) is 45.4 Å². The average Bonchev–Trinajstić information content (AvgIpc) is 2.83. The van der Waals surface area contributed by atoms with Gasteiger partial charge in [-0.1, -0.05) is 0 Å². The third kappa shape index (κ3) is 5.44. The van der Waals surface area contributed by atoms with Crippen LogP contribution in [0.15, 0.2) is 34.0 Å². The molecule has 3 fully saturated rings. The van der Waals surface area contributed by atoms with E-state index in [-0.39, 0.29) is 42.2 Å². The first-order chi connectivity index (χ1) is 17.3. The molecule has 0 amide bonds. The molecule has 0 N–H and O–H groups in total. The Bertz CT molecular complexity index is 1170. The molecule has 1 unspecified atom stereocenters. The van der Waals surface area contributed by atoms with E-state index in [0.717, 1.165) is 23.6 Å². The lowest BCUT2D eigenvalue weighted by molar-refractivity contribution is -0.140. The summed E-state index contributed by atoms with van der Waals surface area (Å²) >= 11 is 1.26. The number of esters is 1. The monoisotopic (exact) mass is 566 g/mol. The fraction of sp³-hybridized carbons (Fsp3) is 0.625. The maximum absolute atomic E-state index is 14.1. The van der Waals surface area contributed by atoms with Crippen molar-refractivity contribution in [2.24, 2.45) is 5.92 Å². The largest absolute Gasteiger partial charge is 0.461 e. The lowest BCUT2D eigenvalue weighted by Gasteiger charge is -2.67. The summed E-state index contributed by atoms with van der Waals surface area (Å²) in [6, 6.07) is 2.32. The molecule has 1 aromatic rings. The van der Waals surface area contributed by atoms with Gasteiger partial charge in [0.2, 0.25) is 15.9 Å². The molecule has 1 aromatic carbocycles. The predicted octanol–water partition coefficient (Wildman–Crippen LogP) is 5.26. The van der Waals surface area contributed by atoms with Crippen molar-refractivity contribution in [2.75, 3.05) is 31.4 Å². The molecule has 1 aliphatic heterocycles. The van der Waals surface area contributed by atoms with Crippen LogP contribution in [0.5, 0.6) is 5.75 Å². The van der Waals surface area contributed by atoms with E-state index in [9.17, 15) is 30.8 Å². The van der Waals surface area contributed by atoms with Crippen molar-refractivity contribution in [1.29, 1.82) is 0 Å². The van der Waals surface area contributed by atoms with Gasteiger partial charge in [0.05, 0.1) is 17.2 Å². The number of benzene rings is 1. The molecule has 3 aliphatic carbocycles. The lowest BCUT2D eigenvalue weighted by Crippen LogP contribution is -2.69. The lowest BCUT2D eigenvalue weighted by atomic mass is 9.49. The van der Waals surface area contributed by atoms with Crippen molar-refractivity contribution >= 4 is 33.4 Å². The fourth-order valence-corrected chi connectivity index (χ4v) is 7.46. The minimum absolute atomic E-state index is 0.0256. The normalized spacial score (nSPS) is 27.0. The van der Waals surface area contributed by atoms with Gasteiger partial charge in [-0.2, -0.15) is 21.9 Å². The first-order valence-electron chi connectivity index (χ1n) is 12.0. The number of ether oxygens (including phenoxy) is 2. The molecule has 1 atom stereocenters. The Labute approximate surface area is 218 Å². The number of sulfonamides is 1. The number of rotatable bonds is 9. The molecule has 7 nitrogen and oxygen atoms in total. The van der Waals surface area contributed by atoms with Gasteiger partial charge >= 0.3 is 12.1 Å². The highest BCUT2D eigenvalue weighted by Crippen LogP contribution is 2.62. The molecule has 4 aliphatic rings. The first kappa shape index (κ1) is 28.0. The topological polar surface area (TPSA) is 76.2 Å².